The summed E-state index contributed by atoms with van der Waals surface area (Å²) in [6.07, 6.45) is 2.56. The highest BCUT2D eigenvalue weighted by Gasteiger charge is 2.78. The van der Waals surface area contributed by atoms with Gasteiger partial charge in [0.25, 0.3) is 0 Å². The van der Waals surface area contributed by atoms with Crippen LogP contribution in [0.15, 0.2) is 42.0 Å². The summed E-state index contributed by atoms with van der Waals surface area (Å²) in [4.78, 5) is 13.3. The molecule has 55 heavy (non-hydrogen) atoms. The number of ether oxygens (including phenoxy) is 3. The average Bonchev–Trinajstić information content (AvgIpc) is 3.15. The highest BCUT2D eigenvalue weighted by atomic mass is 16.7. The van der Waals surface area contributed by atoms with E-state index >= 15 is 0 Å². The molecule has 0 radical (unpaired) electrons. The first kappa shape index (κ1) is 39.9. The number of hydrogen-bond acceptors (Lipinski definition) is 10. The van der Waals surface area contributed by atoms with E-state index in [4.69, 9.17) is 14.2 Å². The van der Waals surface area contributed by atoms with Gasteiger partial charge in [-0.1, -0.05) is 76.1 Å². The minimum Gasteiger partial charge on any atom is -0.481 e. The van der Waals surface area contributed by atoms with Crippen molar-refractivity contribution in [1.29, 1.82) is 0 Å². The van der Waals surface area contributed by atoms with Crippen LogP contribution in [0.3, 0.4) is 0 Å². The van der Waals surface area contributed by atoms with E-state index in [1.165, 1.54) is 5.57 Å². The third-order valence-corrected chi connectivity index (χ3v) is 17.8. The lowest BCUT2D eigenvalue weighted by atomic mass is 9.25. The van der Waals surface area contributed by atoms with Crippen molar-refractivity contribution in [3.05, 3.63) is 47.5 Å². The van der Waals surface area contributed by atoms with E-state index in [1.807, 2.05) is 37.3 Å². The zero-order valence-corrected chi connectivity index (χ0v) is 33.0. The number of aliphatic carboxylic acids is 1. The standard InChI is InChI=1S/C44H64O11/c1-38(24-45)19-28-27-11-16-43-14-8-13-42(27,17-18-44(28,37(51)52)32(48)21-38)41(43,4)15-12-31-39(2,25-46)35(55-36-34(50)33(49)29(47)23-54-36)30(20-40(31,43)3)53-22-26-9-6-5-7-10-26/h5-7,9-11,28-36,45-50H,8,12-25H2,1-4H3,(H,51,52)/t28-,29+,30+,31+,32-,33-,34+,35+,36-,38+,39-,40-,41-,42+,43+,44-/m0/s1. The number of fused-ring (bicyclic) bond motifs is 3. The van der Waals surface area contributed by atoms with E-state index < -0.39 is 65.1 Å². The highest BCUT2D eigenvalue weighted by Crippen LogP contribution is 2.84. The molecule has 5 saturated carbocycles. The quantitative estimate of drug-likeness (QED) is 0.147. The number of carbonyl (C=O) groups is 1. The molecule has 1 aromatic rings. The van der Waals surface area contributed by atoms with E-state index in [0.29, 0.717) is 32.3 Å². The summed E-state index contributed by atoms with van der Waals surface area (Å²) in [7, 11) is 0. The zero-order valence-electron chi connectivity index (χ0n) is 33.0. The first-order valence-corrected chi connectivity index (χ1v) is 20.8. The number of aliphatic hydroxyl groups is 6. The monoisotopic (exact) mass is 768 g/mol. The van der Waals surface area contributed by atoms with E-state index in [2.05, 4.69) is 26.8 Å². The molecule has 6 fully saturated rings. The Morgan fingerprint density at radius 1 is 0.891 bits per heavy atom. The first-order chi connectivity index (χ1) is 26.0. The molecule has 0 unspecified atom stereocenters. The molecule has 16 atom stereocenters. The van der Waals surface area contributed by atoms with Gasteiger partial charge in [-0.2, -0.15) is 0 Å². The number of carboxylic acid groups (broad SMARTS) is 1. The Kier molecular flexibility index (Phi) is 9.83. The van der Waals surface area contributed by atoms with Gasteiger partial charge >= 0.3 is 5.97 Å². The molecule has 1 aromatic carbocycles. The molecule has 0 amide bonds. The number of aliphatic hydroxyl groups excluding tert-OH is 6. The van der Waals surface area contributed by atoms with Gasteiger partial charge in [-0.05, 0) is 109 Å². The first-order valence-electron chi connectivity index (χ1n) is 20.8. The number of rotatable bonds is 8. The van der Waals surface area contributed by atoms with Crippen molar-refractivity contribution in [3.63, 3.8) is 0 Å². The fourth-order valence-electron chi connectivity index (χ4n) is 15.0. The van der Waals surface area contributed by atoms with Crippen LogP contribution in [-0.4, -0.2) is 104 Å². The second-order valence-corrected chi connectivity index (χ2v) is 20.0. The topological polar surface area (TPSA) is 186 Å². The van der Waals surface area contributed by atoms with Crippen LogP contribution < -0.4 is 0 Å². The van der Waals surface area contributed by atoms with Crippen LogP contribution in [0.1, 0.15) is 104 Å². The lowest BCUT2D eigenvalue weighted by Gasteiger charge is -2.79. The van der Waals surface area contributed by atoms with Crippen LogP contribution in [-0.2, 0) is 25.6 Å². The summed E-state index contributed by atoms with van der Waals surface area (Å²) >= 11 is 0. The van der Waals surface area contributed by atoms with Crippen LogP contribution in [0.2, 0.25) is 0 Å². The van der Waals surface area contributed by atoms with Crippen molar-refractivity contribution in [1.82, 2.24) is 0 Å². The van der Waals surface area contributed by atoms with Gasteiger partial charge in [0.15, 0.2) is 6.29 Å². The van der Waals surface area contributed by atoms with Crippen LogP contribution in [0.4, 0.5) is 0 Å². The van der Waals surface area contributed by atoms with Gasteiger partial charge in [0.1, 0.15) is 23.7 Å². The van der Waals surface area contributed by atoms with Gasteiger partial charge < -0.3 is 50.0 Å². The molecule has 7 N–H and O–H groups in total. The van der Waals surface area contributed by atoms with Gasteiger partial charge in [-0.3, -0.25) is 4.79 Å². The fourth-order valence-corrected chi connectivity index (χ4v) is 15.0. The van der Waals surface area contributed by atoms with E-state index in [0.717, 1.165) is 44.1 Å². The Morgan fingerprint density at radius 3 is 2.33 bits per heavy atom. The van der Waals surface area contributed by atoms with Gasteiger partial charge in [-0.25, -0.2) is 0 Å². The lowest BCUT2D eigenvalue weighted by molar-refractivity contribution is -0.347. The Hall–Kier alpha value is -1.93. The lowest BCUT2D eigenvalue weighted by Crippen LogP contribution is -2.75. The molecule has 11 heteroatoms. The van der Waals surface area contributed by atoms with E-state index in [-0.39, 0.29) is 59.7 Å². The summed E-state index contributed by atoms with van der Waals surface area (Å²) in [5.41, 5.74) is -1.58. The molecule has 1 saturated heterocycles. The van der Waals surface area contributed by atoms with Crippen LogP contribution in [0.5, 0.6) is 0 Å². The number of hydrogen-bond donors (Lipinski definition) is 7. The molecule has 1 spiro atoms. The van der Waals surface area contributed by atoms with Gasteiger partial charge in [0.2, 0.25) is 0 Å². The maximum absolute atomic E-state index is 13.3. The molecule has 2 bridgehead atoms. The van der Waals surface area contributed by atoms with Gasteiger partial charge in [0.05, 0.1) is 38.1 Å². The number of benzene rings is 1. The third kappa shape index (κ3) is 5.29. The zero-order chi connectivity index (χ0) is 39.4. The fraction of sp³-hybridized carbons (Fsp3) is 0.795. The molecule has 7 aliphatic rings. The number of allylic oxidation sites excluding steroid dienone is 2. The van der Waals surface area contributed by atoms with Crippen LogP contribution in [0.25, 0.3) is 0 Å². The Labute approximate surface area is 325 Å². The predicted octanol–water partition coefficient (Wildman–Crippen LogP) is 4.34. The number of carboxylic acids is 1. The van der Waals surface area contributed by atoms with E-state index in [1.54, 1.807) is 0 Å². The summed E-state index contributed by atoms with van der Waals surface area (Å²) in [5.74, 6) is -1.32. The molecule has 306 valence electrons. The minimum absolute atomic E-state index is 0.0168. The van der Waals surface area contributed by atoms with Crippen molar-refractivity contribution in [3.8, 4) is 0 Å². The maximum atomic E-state index is 13.3. The predicted molar refractivity (Wildman–Crippen MR) is 201 cm³/mol. The molecular weight excluding hydrogens is 704 g/mol. The molecule has 1 aliphatic heterocycles. The average molecular weight is 769 g/mol. The molecule has 6 aliphatic carbocycles. The van der Waals surface area contributed by atoms with Crippen molar-refractivity contribution in [2.75, 3.05) is 19.8 Å². The maximum Gasteiger partial charge on any atom is 0.312 e. The van der Waals surface area contributed by atoms with Crippen molar-refractivity contribution < 1.29 is 54.8 Å². The third-order valence-electron chi connectivity index (χ3n) is 17.8. The Bertz CT molecular complexity index is 1650. The van der Waals surface area contributed by atoms with Crippen molar-refractivity contribution >= 4 is 5.97 Å². The molecule has 11 nitrogen and oxygen atoms in total. The summed E-state index contributed by atoms with van der Waals surface area (Å²) < 4.78 is 19.4. The molecule has 1 heterocycles. The largest absolute Gasteiger partial charge is 0.481 e. The van der Waals surface area contributed by atoms with Crippen molar-refractivity contribution in [2.24, 2.45) is 49.7 Å². The van der Waals surface area contributed by atoms with Gasteiger partial charge in [0, 0.05) is 12.0 Å². The second kappa shape index (κ2) is 13.6. The Morgan fingerprint density at radius 2 is 1.64 bits per heavy atom. The van der Waals surface area contributed by atoms with E-state index in [9.17, 15) is 40.5 Å². The van der Waals surface area contributed by atoms with Crippen LogP contribution >= 0.6 is 0 Å². The SMILES string of the molecule is C[C@]1(CO)C[C@H](O)[C@]2(C(=O)O)CC[C@]34CCC[C@]5(CC=C3[C@@H]2C1)[C@@]4(C)CC[C@@H]1[C@](C)(CO)[C@H](O[C@@H]2OC[C@@H](O)[C@H](O)[C@H]2O)[C@H](OCc2ccccc2)C[C@@]15C. The summed E-state index contributed by atoms with van der Waals surface area (Å²) in [6, 6.07) is 9.93. The summed E-state index contributed by atoms with van der Waals surface area (Å²) in [6.45, 7) is 8.74. The molecule has 8 rings (SSSR count). The van der Waals surface area contributed by atoms with Gasteiger partial charge in [-0.15, -0.1) is 0 Å². The second-order valence-electron chi connectivity index (χ2n) is 20.0. The molecule has 0 aromatic heterocycles. The highest BCUT2D eigenvalue weighted by molar-refractivity contribution is 5.77. The van der Waals surface area contributed by atoms with Crippen molar-refractivity contribution in [2.45, 2.75) is 148 Å². The summed E-state index contributed by atoms with van der Waals surface area (Å²) in [5, 5.41) is 76.6. The smallest absolute Gasteiger partial charge is 0.312 e. The molecular formula is C44H64O11. The Balaban J connectivity index is 1.22. The normalized spacial score (nSPS) is 51.8. The minimum atomic E-state index is -1.49. The van der Waals surface area contributed by atoms with Crippen LogP contribution in [0, 0.1) is 49.7 Å².